The lowest BCUT2D eigenvalue weighted by Crippen LogP contribution is -2.47. The fraction of sp³-hybridized carbons (Fsp3) is 0.286. The van der Waals surface area contributed by atoms with Crippen molar-refractivity contribution in [1.82, 2.24) is 15.0 Å². The first-order chi connectivity index (χ1) is 13.8. The van der Waals surface area contributed by atoms with Crippen molar-refractivity contribution in [3.8, 4) is 5.75 Å². The highest BCUT2D eigenvalue weighted by Crippen LogP contribution is 2.19. The molecule has 0 aliphatic carbocycles. The molecule has 0 unspecified atom stereocenters. The first-order valence-corrected chi connectivity index (χ1v) is 9.53. The maximum atomic E-state index is 9.35. The predicted molar refractivity (Wildman–Crippen MR) is 111 cm³/mol. The van der Waals surface area contributed by atoms with Crippen molar-refractivity contribution in [3.05, 3.63) is 66.6 Å². The Kier molecular flexibility index (Phi) is 5.51. The van der Waals surface area contributed by atoms with Gasteiger partial charge in [0.15, 0.2) is 0 Å². The summed E-state index contributed by atoms with van der Waals surface area (Å²) in [5, 5.41) is 12.7. The quantitative estimate of drug-likeness (QED) is 0.685. The molecule has 3 aromatic rings. The first kappa shape index (κ1) is 18.0. The van der Waals surface area contributed by atoms with Gasteiger partial charge in [-0.25, -0.2) is 15.0 Å². The molecule has 7 heteroatoms. The van der Waals surface area contributed by atoms with E-state index < -0.39 is 0 Å². The van der Waals surface area contributed by atoms with Crippen LogP contribution < -0.4 is 15.1 Å². The van der Waals surface area contributed by atoms with Crippen molar-refractivity contribution in [2.75, 3.05) is 47.8 Å². The Balaban J connectivity index is 1.31. The Hall–Kier alpha value is -3.35. The van der Waals surface area contributed by atoms with Gasteiger partial charge in [-0.1, -0.05) is 18.2 Å². The molecule has 28 heavy (non-hydrogen) atoms. The van der Waals surface area contributed by atoms with Gasteiger partial charge in [0.2, 0.25) is 0 Å². The maximum absolute atomic E-state index is 9.35. The van der Waals surface area contributed by atoms with Crippen LogP contribution in [-0.2, 0) is 6.42 Å². The number of nitrogens with one attached hydrogen (secondary N) is 1. The number of nitrogens with zero attached hydrogens (tertiary/aromatic N) is 5. The van der Waals surface area contributed by atoms with Crippen molar-refractivity contribution >= 4 is 17.5 Å². The second-order valence-corrected chi connectivity index (χ2v) is 6.77. The molecular formula is C21H24N6O. The lowest BCUT2D eigenvalue weighted by molar-refractivity contribution is 0.475. The van der Waals surface area contributed by atoms with E-state index in [1.165, 1.54) is 5.56 Å². The summed E-state index contributed by atoms with van der Waals surface area (Å²) < 4.78 is 0. The minimum absolute atomic E-state index is 0.292. The molecule has 1 saturated heterocycles. The van der Waals surface area contributed by atoms with Crippen LogP contribution in [0, 0.1) is 0 Å². The standard InChI is InChI=1S/C21H24N6O/c28-18-6-4-17(5-7-18)8-10-22-19-15-21(25-16-24-19)27-13-11-26(12-14-27)20-3-1-2-9-23-20/h1-7,9,15-16,28H,8,10-14H2,(H,22,24,25). The van der Waals surface area contributed by atoms with Gasteiger partial charge in [-0.15, -0.1) is 0 Å². The molecule has 1 aliphatic heterocycles. The molecule has 0 saturated carbocycles. The van der Waals surface area contributed by atoms with Crippen molar-refractivity contribution in [1.29, 1.82) is 0 Å². The Morgan fingerprint density at radius 2 is 1.61 bits per heavy atom. The molecule has 2 N–H and O–H groups in total. The Bertz CT molecular complexity index is 879. The van der Waals surface area contributed by atoms with Gasteiger partial charge in [0.05, 0.1) is 0 Å². The third-order valence-corrected chi connectivity index (χ3v) is 4.89. The molecule has 1 fully saturated rings. The van der Waals surface area contributed by atoms with E-state index in [0.717, 1.165) is 56.6 Å². The van der Waals surface area contributed by atoms with Gasteiger partial charge in [0, 0.05) is 45.0 Å². The highest BCUT2D eigenvalue weighted by Gasteiger charge is 2.19. The molecule has 1 aromatic carbocycles. The molecular weight excluding hydrogens is 352 g/mol. The molecule has 4 rings (SSSR count). The molecule has 7 nitrogen and oxygen atoms in total. The second-order valence-electron chi connectivity index (χ2n) is 6.77. The van der Waals surface area contributed by atoms with Crippen molar-refractivity contribution < 1.29 is 5.11 Å². The summed E-state index contributed by atoms with van der Waals surface area (Å²) in [6.45, 7) is 4.42. The van der Waals surface area contributed by atoms with Crippen LogP contribution in [-0.4, -0.2) is 52.8 Å². The van der Waals surface area contributed by atoms with Crippen LogP contribution in [0.3, 0.4) is 0 Å². The Labute approximate surface area is 164 Å². The SMILES string of the molecule is Oc1ccc(CCNc2cc(N3CCN(c4ccccn4)CC3)ncn2)cc1. The van der Waals surface area contributed by atoms with E-state index >= 15 is 0 Å². The van der Waals surface area contributed by atoms with Gasteiger partial charge < -0.3 is 20.2 Å². The molecule has 144 valence electrons. The molecule has 2 aromatic heterocycles. The molecule has 0 amide bonds. The number of pyridine rings is 1. The number of anilines is 3. The highest BCUT2D eigenvalue weighted by atomic mass is 16.3. The fourth-order valence-corrected chi connectivity index (χ4v) is 3.32. The van der Waals surface area contributed by atoms with Crippen molar-refractivity contribution in [2.45, 2.75) is 6.42 Å². The van der Waals surface area contributed by atoms with E-state index in [0.29, 0.717) is 5.75 Å². The maximum Gasteiger partial charge on any atom is 0.134 e. The Morgan fingerprint density at radius 1 is 0.857 bits per heavy atom. The average molecular weight is 376 g/mol. The summed E-state index contributed by atoms with van der Waals surface area (Å²) in [7, 11) is 0. The number of rotatable bonds is 6. The van der Waals surface area contributed by atoms with Crippen LogP contribution in [0.5, 0.6) is 5.75 Å². The average Bonchev–Trinajstić information content (AvgIpc) is 2.76. The third kappa shape index (κ3) is 4.49. The van der Waals surface area contributed by atoms with Crippen LogP contribution in [0.15, 0.2) is 61.1 Å². The highest BCUT2D eigenvalue weighted by molar-refractivity contribution is 5.50. The number of benzene rings is 1. The van der Waals surface area contributed by atoms with Crippen molar-refractivity contribution in [3.63, 3.8) is 0 Å². The van der Waals surface area contributed by atoms with Gasteiger partial charge in [-0.2, -0.15) is 0 Å². The molecule has 0 bridgehead atoms. The molecule has 3 heterocycles. The van der Waals surface area contributed by atoms with Crippen molar-refractivity contribution in [2.24, 2.45) is 0 Å². The van der Waals surface area contributed by atoms with E-state index in [2.05, 4.69) is 36.1 Å². The molecule has 0 spiro atoms. The minimum atomic E-state index is 0.292. The Morgan fingerprint density at radius 3 is 2.32 bits per heavy atom. The van der Waals surface area contributed by atoms with Crippen LogP contribution in [0.4, 0.5) is 17.5 Å². The summed E-state index contributed by atoms with van der Waals surface area (Å²) in [6, 6.07) is 15.3. The van der Waals surface area contributed by atoms with Crippen LogP contribution in [0.25, 0.3) is 0 Å². The zero-order chi connectivity index (χ0) is 19.2. The van der Waals surface area contributed by atoms with E-state index in [1.807, 2.05) is 36.5 Å². The van der Waals surface area contributed by atoms with E-state index in [4.69, 9.17) is 0 Å². The monoisotopic (exact) mass is 376 g/mol. The summed E-state index contributed by atoms with van der Waals surface area (Å²) in [5.74, 6) is 3.10. The van der Waals surface area contributed by atoms with E-state index in [1.54, 1.807) is 18.5 Å². The number of aromatic nitrogens is 3. The topological polar surface area (TPSA) is 77.4 Å². The van der Waals surface area contributed by atoms with Gasteiger partial charge in [0.25, 0.3) is 0 Å². The third-order valence-electron chi connectivity index (χ3n) is 4.89. The van der Waals surface area contributed by atoms with Crippen LogP contribution >= 0.6 is 0 Å². The lowest BCUT2D eigenvalue weighted by atomic mass is 10.1. The molecule has 1 aliphatic rings. The number of phenolic OH excluding ortho intramolecular Hbond substituents is 1. The largest absolute Gasteiger partial charge is 0.508 e. The zero-order valence-corrected chi connectivity index (χ0v) is 15.7. The number of phenols is 1. The van der Waals surface area contributed by atoms with Crippen LogP contribution in [0.1, 0.15) is 5.56 Å². The van der Waals surface area contributed by atoms with E-state index in [-0.39, 0.29) is 0 Å². The number of piperazine rings is 1. The lowest BCUT2D eigenvalue weighted by Gasteiger charge is -2.36. The number of hydrogen-bond acceptors (Lipinski definition) is 7. The minimum Gasteiger partial charge on any atom is -0.508 e. The van der Waals surface area contributed by atoms with Crippen LogP contribution in [0.2, 0.25) is 0 Å². The smallest absolute Gasteiger partial charge is 0.134 e. The van der Waals surface area contributed by atoms with E-state index in [9.17, 15) is 5.11 Å². The zero-order valence-electron chi connectivity index (χ0n) is 15.7. The van der Waals surface area contributed by atoms with Gasteiger partial charge in [-0.05, 0) is 36.2 Å². The number of aromatic hydroxyl groups is 1. The fourth-order valence-electron chi connectivity index (χ4n) is 3.32. The van der Waals surface area contributed by atoms with Gasteiger partial charge >= 0.3 is 0 Å². The predicted octanol–water partition coefficient (Wildman–Crippen LogP) is 2.56. The summed E-state index contributed by atoms with van der Waals surface area (Å²) in [4.78, 5) is 17.8. The molecule has 0 atom stereocenters. The second kappa shape index (κ2) is 8.56. The summed E-state index contributed by atoms with van der Waals surface area (Å²) >= 11 is 0. The van der Waals surface area contributed by atoms with Gasteiger partial charge in [0.1, 0.15) is 29.5 Å². The van der Waals surface area contributed by atoms with Gasteiger partial charge in [-0.3, -0.25) is 0 Å². The first-order valence-electron chi connectivity index (χ1n) is 9.53. The summed E-state index contributed by atoms with van der Waals surface area (Å²) in [6.07, 6.45) is 4.31. The number of hydrogen-bond donors (Lipinski definition) is 2. The normalized spacial score (nSPS) is 14.1. The summed E-state index contributed by atoms with van der Waals surface area (Å²) in [5.41, 5.74) is 1.17. The molecule has 0 radical (unpaired) electrons.